The van der Waals surface area contributed by atoms with Gasteiger partial charge >= 0.3 is 0 Å². The summed E-state index contributed by atoms with van der Waals surface area (Å²) >= 11 is 0. The van der Waals surface area contributed by atoms with E-state index in [0.29, 0.717) is 12.1 Å². The number of aliphatic hydroxyl groups excluding tert-OH is 1. The molecule has 114 valence electrons. The highest BCUT2D eigenvalue weighted by Crippen LogP contribution is 2.27. The lowest BCUT2D eigenvalue weighted by atomic mass is 10.0. The Labute approximate surface area is 126 Å². The Morgan fingerprint density at radius 3 is 2.90 bits per heavy atom. The zero-order chi connectivity index (χ0) is 15.3. The monoisotopic (exact) mass is 307 g/mol. The van der Waals surface area contributed by atoms with Crippen molar-refractivity contribution in [1.82, 2.24) is 4.31 Å². The molecule has 5 heteroatoms. The van der Waals surface area contributed by atoms with Gasteiger partial charge in [-0.15, -0.1) is 0 Å². The third-order valence-electron chi connectivity index (χ3n) is 3.80. The van der Waals surface area contributed by atoms with E-state index in [0.717, 1.165) is 25.7 Å². The minimum Gasteiger partial charge on any atom is -0.384 e. The Balaban J connectivity index is 2.34. The zero-order valence-corrected chi connectivity index (χ0v) is 13.1. The summed E-state index contributed by atoms with van der Waals surface area (Å²) in [6, 6.07) is 6.73. The minimum absolute atomic E-state index is 0.0935. The lowest BCUT2D eigenvalue weighted by molar-refractivity contribution is 0.246. The van der Waals surface area contributed by atoms with Crippen molar-refractivity contribution in [3.05, 3.63) is 29.8 Å². The maximum Gasteiger partial charge on any atom is 0.243 e. The van der Waals surface area contributed by atoms with Gasteiger partial charge in [-0.2, -0.15) is 4.31 Å². The van der Waals surface area contributed by atoms with Crippen molar-refractivity contribution in [1.29, 1.82) is 0 Å². The van der Waals surface area contributed by atoms with Crippen LogP contribution >= 0.6 is 0 Å². The van der Waals surface area contributed by atoms with Gasteiger partial charge in [0, 0.05) is 18.2 Å². The third kappa shape index (κ3) is 3.65. The summed E-state index contributed by atoms with van der Waals surface area (Å²) in [7, 11) is -3.47. The fraction of sp³-hybridized carbons (Fsp3) is 0.500. The molecule has 1 aromatic rings. The van der Waals surface area contributed by atoms with E-state index in [1.807, 2.05) is 6.92 Å². The second-order valence-corrected chi connectivity index (χ2v) is 7.05. The zero-order valence-electron chi connectivity index (χ0n) is 12.2. The molecule has 1 fully saturated rings. The van der Waals surface area contributed by atoms with Gasteiger partial charge in [-0.1, -0.05) is 31.3 Å². The van der Waals surface area contributed by atoms with E-state index < -0.39 is 10.0 Å². The van der Waals surface area contributed by atoms with Gasteiger partial charge in [-0.05, 0) is 37.5 Å². The number of hydrogen-bond acceptors (Lipinski definition) is 3. The highest BCUT2D eigenvalue weighted by Gasteiger charge is 2.32. The summed E-state index contributed by atoms with van der Waals surface area (Å²) in [5.74, 6) is 5.29. The van der Waals surface area contributed by atoms with E-state index in [-0.39, 0.29) is 17.5 Å². The summed E-state index contributed by atoms with van der Waals surface area (Å²) in [6.07, 6.45) is 3.77. The molecule has 21 heavy (non-hydrogen) atoms. The van der Waals surface area contributed by atoms with Crippen LogP contribution in [0.1, 0.15) is 38.2 Å². The summed E-state index contributed by atoms with van der Waals surface area (Å²) in [6.45, 7) is 2.38. The van der Waals surface area contributed by atoms with E-state index in [9.17, 15) is 8.42 Å². The molecule has 0 spiro atoms. The molecule has 0 saturated carbocycles. The average Bonchev–Trinajstić information content (AvgIpc) is 2.53. The van der Waals surface area contributed by atoms with Crippen molar-refractivity contribution in [3.63, 3.8) is 0 Å². The second kappa shape index (κ2) is 7.08. The van der Waals surface area contributed by atoms with E-state index in [1.54, 1.807) is 28.6 Å². The molecule has 0 aliphatic carbocycles. The first kappa shape index (κ1) is 16.0. The summed E-state index contributed by atoms with van der Waals surface area (Å²) < 4.78 is 27.3. The standard InChI is InChI=1S/C16H21NO3S/c1-2-15-9-3-4-11-17(15)21(19,20)16-10-5-7-14(13-16)8-6-12-18/h5,7,10,13,15,18H,2-4,9,11-12H2,1H3. The van der Waals surface area contributed by atoms with Crippen molar-refractivity contribution in [2.45, 2.75) is 43.5 Å². The molecular formula is C16H21NO3S. The van der Waals surface area contributed by atoms with Crippen LogP contribution in [-0.4, -0.2) is 37.0 Å². The van der Waals surface area contributed by atoms with Crippen LogP contribution in [0, 0.1) is 11.8 Å². The van der Waals surface area contributed by atoms with Gasteiger partial charge in [0.2, 0.25) is 10.0 Å². The van der Waals surface area contributed by atoms with Crippen molar-refractivity contribution in [2.75, 3.05) is 13.2 Å². The normalized spacial score (nSPS) is 19.8. The average molecular weight is 307 g/mol. The lowest BCUT2D eigenvalue weighted by Crippen LogP contribution is -2.43. The molecule has 1 aliphatic heterocycles. The molecule has 1 unspecified atom stereocenters. The molecule has 4 nitrogen and oxygen atoms in total. The summed E-state index contributed by atoms with van der Waals surface area (Å²) in [5, 5.41) is 8.73. The van der Waals surface area contributed by atoms with Gasteiger partial charge in [0.05, 0.1) is 4.90 Å². The largest absolute Gasteiger partial charge is 0.384 e. The number of sulfonamides is 1. The van der Waals surface area contributed by atoms with Crippen LogP contribution in [0.15, 0.2) is 29.2 Å². The van der Waals surface area contributed by atoms with Crippen LogP contribution in [0.5, 0.6) is 0 Å². The lowest BCUT2D eigenvalue weighted by Gasteiger charge is -2.34. The van der Waals surface area contributed by atoms with Gasteiger partial charge < -0.3 is 5.11 Å². The number of aliphatic hydroxyl groups is 1. The molecule has 1 saturated heterocycles. The summed E-state index contributed by atoms with van der Waals surface area (Å²) in [5.41, 5.74) is 0.607. The Bertz CT molecular complexity index is 643. The molecule has 1 aliphatic rings. The molecule has 0 amide bonds. The molecule has 1 N–H and O–H groups in total. The molecule has 0 aromatic heterocycles. The van der Waals surface area contributed by atoms with Crippen molar-refractivity contribution in [2.24, 2.45) is 0 Å². The van der Waals surface area contributed by atoms with Gasteiger partial charge in [-0.25, -0.2) is 8.42 Å². The first-order valence-corrected chi connectivity index (χ1v) is 8.75. The number of rotatable bonds is 3. The van der Waals surface area contributed by atoms with Crippen LogP contribution in [0.25, 0.3) is 0 Å². The highest BCUT2D eigenvalue weighted by molar-refractivity contribution is 7.89. The Hall–Kier alpha value is -1.35. The van der Waals surface area contributed by atoms with Gasteiger partial charge in [0.15, 0.2) is 0 Å². The second-order valence-electron chi connectivity index (χ2n) is 5.16. The van der Waals surface area contributed by atoms with Crippen LogP contribution in [0.3, 0.4) is 0 Å². The third-order valence-corrected chi connectivity index (χ3v) is 5.74. The van der Waals surface area contributed by atoms with E-state index in [1.165, 1.54) is 0 Å². The van der Waals surface area contributed by atoms with Crippen molar-refractivity contribution >= 4 is 10.0 Å². The minimum atomic E-state index is -3.47. The summed E-state index contributed by atoms with van der Waals surface area (Å²) in [4.78, 5) is 0.285. The first-order chi connectivity index (χ1) is 10.1. The van der Waals surface area contributed by atoms with Crippen LogP contribution in [0.4, 0.5) is 0 Å². The van der Waals surface area contributed by atoms with Crippen LogP contribution in [-0.2, 0) is 10.0 Å². The topological polar surface area (TPSA) is 57.6 Å². The fourth-order valence-electron chi connectivity index (χ4n) is 2.71. The molecule has 1 heterocycles. The first-order valence-electron chi connectivity index (χ1n) is 7.31. The Morgan fingerprint density at radius 2 is 2.19 bits per heavy atom. The van der Waals surface area contributed by atoms with E-state index in [2.05, 4.69) is 11.8 Å². The van der Waals surface area contributed by atoms with Gasteiger partial charge in [0.1, 0.15) is 6.61 Å². The maximum absolute atomic E-state index is 12.8. The van der Waals surface area contributed by atoms with Gasteiger partial charge in [0.25, 0.3) is 0 Å². The van der Waals surface area contributed by atoms with Crippen molar-refractivity contribution < 1.29 is 13.5 Å². The van der Waals surface area contributed by atoms with Crippen LogP contribution < -0.4 is 0 Å². The van der Waals surface area contributed by atoms with E-state index >= 15 is 0 Å². The molecule has 1 aromatic carbocycles. The number of nitrogens with zero attached hydrogens (tertiary/aromatic N) is 1. The molecular weight excluding hydrogens is 286 g/mol. The number of piperidine rings is 1. The SMILES string of the molecule is CCC1CCCCN1S(=O)(=O)c1cccc(C#CCO)c1. The van der Waals surface area contributed by atoms with Crippen LogP contribution in [0.2, 0.25) is 0 Å². The number of hydrogen-bond donors (Lipinski definition) is 1. The quantitative estimate of drug-likeness (QED) is 0.869. The molecule has 2 rings (SSSR count). The molecule has 0 radical (unpaired) electrons. The Morgan fingerprint density at radius 1 is 1.38 bits per heavy atom. The maximum atomic E-state index is 12.8. The smallest absolute Gasteiger partial charge is 0.243 e. The predicted molar refractivity (Wildman–Crippen MR) is 82.2 cm³/mol. The highest BCUT2D eigenvalue weighted by atomic mass is 32.2. The fourth-order valence-corrected chi connectivity index (χ4v) is 4.52. The van der Waals surface area contributed by atoms with Gasteiger partial charge in [-0.3, -0.25) is 0 Å². The number of benzene rings is 1. The molecule has 0 bridgehead atoms. The molecule has 1 atom stereocenters. The predicted octanol–water partition coefficient (Wildman–Crippen LogP) is 1.98. The van der Waals surface area contributed by atoms with Crippen molar-refractivity contribution in [3.8, 4) is 11.8 Å². The van der Waals surface area contributed by atoms with E-state index in [4.69, 9.17) is 5.11 Å². The Kier molecular flexibility index (Phi) is 5.40.